The van der Waals surface area contributed by atoms with Crippen molar-refractivity contribution in [2.24, 2.45) is 11.7 Å². The molecule has 0 spiro atoms. The predicted octanol–water partition coefficient (Wildman–Crippen LogP) is 2.87. The van der Waals surface area contributed by atoms with Gasteiger partial charge in [-0.3, -0.25) is 4.98 Å². The normalized spacial score (nSPS) is 12.9. The lowest BCUT2D eigenvalue weighted by molar-refractivity contribution is 0.366. The van der Waals surface area contributed by atoms with Crippen molar-refractivity contribution in [2.75, 3.05) is 6.54 Å². The zero-order chi connectivity index (χ0) is 13.9. The standard InChI is InChI=1S/C14H16N4OS/c1-9(7-15)2-3-13-17-14(18-19-13)10-6-12-11(16-8-10)4-5-20-12/h4-6,8-9H,2-3,7,15H2,1H3. The van der Waals surface area contributed by atoms with E-state index in [2.05, 4.69) is 22.0 Å². The van der Waals surface area contributed by atoms with Gasteiger partial charge in [-0.2, -0.15) is 4.98 Å². The first-order valence-electron chi connectivity index (χ1n) is 6.62. The summed E-state index contributed by atoms with van der Waals surface area (Å²) >= 11 is 1.66. The molecule has 2 N–H and O–H groups in total. The van der Waals surface area contributed by atoms with Gasteiger partial charge in [-0.15, -0.1) is 11.3 Å². The first-order chi connectivity index (χ1) is 9.76. The summed E-state index contributed by atoms with van der Waals surface area (Å²) in [6.07, 6.45) is 3.51. The van der Waals surface area contributed by atoms with Gasteiger partial charge in [0.15, 0.2) is 0 Å². The Labute approximate surface area is 120 Å². The lowest BCUT2D eigenvalue weighted by atomic mass is 10.1. The second-order valence-electron chi connectivity index (χ2n) is 4.92. The molecule has 5 nitrogen and oxygen atoms in total. The van der Waals surface area contributed by atoms with Gasteiger partial charge in [0, 0.05) is 18.2 Å². The quantitative estimate of drug-likeness (QED) is 0.781. The number of fused-ring (bicyclic) bond motifs is 1. The molecule has 3 aromatic rings. The van der Waals surface area contributed by atoms with Crippen LogP contribution in [-0.4, -0.2) is 21.7 Å². The first-order valence-corrected chi connectivity index (χ1v) is 7.50. The molecule has 0 fully saturated rings. The van der Waals surface area contributed by atoms with Gasteiger partial charge in [0.2, 0.25) is 11.7 Å². The van der Waals surface area contributed by atoms with E-state index in [1.54, 1.807) is 17.5 Å². The van der Waals surface area contributed by atoms with E-state index in [0.717, 1.165) is 28.6 Å². The zero-order valence-corrected chi connectivity index (χ0v) is 12.1. The van der Waals surface area contributed by atoms with E-state index < -0.39 is 0 Å². The van der Waals surface area contributed by atoms with Crippen LogP contribution in [-0.2, 0) is 6.42 Å². The summed E-state index contributed by atoms with van der Waals surface area (Å²) in [4.78, 5) is 8.81. The zero-order valence-electron chi connectivity index (χ0n) is 11.2. The van der Waals surface area contributed by atoms with Crippen LogP contribution >= 0.6 is 11.3 Å². The Bertz CT molecular complexity index is 706. The SMILES string of the molecule is CC(CN)CCc1nc(-c2cnc3ccsc3c2)no1. The van der Waals surface area contributed by atoms with Crippen LogP contribution in [0.4, 0.5) is 0 Å². The highest BCUT2D eigenvalue weighted by atomic mass is 32.1. The van der Waals surface area contributed by atoms with E-state index >= 15 is 0 Å². The van der Waals surface area contributed by atoms with E-state index in [9.17, 15) is 0 Å². The number of hydrogen-bond donors (Lipinski definition) is 1. The molecule has 0 amide bonds. The Morgan fingerprint density at radius 1 is 1.45 bits per heavy atom. The Morgan fingerprint density at radius 2 is 2.35 bits per heavy atom. The number of rotatable bonds is 5. The van der Waals surface area contributed by atoms with E-state index in [-0.39, 0.29) is 0 Å². The van der Waals surface area contributed by atoms with Crippen molar-refractivity contribution in [3.63, 3.8) is 0 Å². The third-order valence-electron chi connectivity index (χ3n) is 3.28. The van der Waals surface area contributed by atoms with Crippen LogP contribution in [0, 0.1) is 5.92 Å². The van der Waals surface area contributed by atoms with Crippen molar-refractivity contribution in [3.8, 4) is 11.4 Å². The summed E-state index contributed by atoms with van der Waals surface area (Å²) in [5, 5.41) is 6.05. The highest BCUT2D eigenvalue weighted by molar-refractivity contribution is 7.17. The molecule has 3 rings (SSSR count). The molecular weight excluding hydrogens is 272 g/mol. The molecule has 0 aliphatic heterocycles. The molecule has 0 saturated heterocycles. The van der Waals surface area contributed by atoms with Gasteiger partial charge in [-0.25, -0.2) is 0 Å². The van der Waals surface area contributed by atoms with Crippen molar-refractivity contribution in [2.45, 2.75) is 19.8 Å². The van der Waals surface area contributed by atoms with Crippen LogP contribution in [0.25, 0.3) is 21.6 Å². The summed E-state index contributed by atoms with van der Waals surface area (Å²) in [5.74, 6) is 1.73. The van der Waals surface area contributed by atoms with Crippen LogP contribution < -0.4 is 5.73 Å². The second-order valence-corrected chi connectivity index (χ2v) is 5.87. The fourth-order valence-corrected chi connectivity index (χ4v) is 2.71. The summed E-state index contributed by atoms with van der Waals surface area (Å²) in [6.45, 7) is 2.80. The molecule has 3 aromatic heterocycles. The monoisotopic (exact) mass is 288 g/mol. The van der Waals surface area contributed by atoms with E-state index in [1.165, 1.54) is 0 Å². The molecule has 104 valence electrons. The van der Waals surface area contributed by atoms with Gasteiger partial charge in [0.05, 0.1) is 10.2 Å². The number of hydrogen-bond acceptors (Lipinski definition) is 6. The fraction of sp³-hybridized carbons (Fsp3) is 0.357. The second kappa shape index (κ2) is 5.68. The molecule has 0 aromatic carbocycles. The average molecular weight is 288 g/mol. The number of pyridine rings is 1. The topological polar surface area (TPSA) is 77.8 Å². The average Bonchev–Trinajstić information content (AvgIpc) is 3.12. The maximum absolute atomic E-state index is 5.60. The van der Waals surface area contributed by atoms with Gasteiger partial charge < -0.3 is 10.3 Å². The molecule has 1 unspecified atom stereocenters. The summed E-state index contributed by atoms with van der Waals surface area (Å²) in [6, 6.07) is 4.05. The number of nitrogens with zero attached hydrogens (tertiary/aromatic N) is 3. The molecule has 20 heavy (non-hydrogen) atoms. The Morgan fingerprint density at radius 3 is 3.20 bits per heavy atom. The highest BCUT2D eigenvalue weighted by Crippen LogP contribution is 2.24. The minimum atomic E-state index is 0.467. The Balaban J connectivity index is 1.78. The number of aromatic nitrogens is 3. The van der Waals surface area contributed by atoms with E-state index in [4.69, 9.17) is 10.3 Å². The molecular formula is C14H16N4OS. The largest absolute Gasteiger partial charge is 0.339 e. The number of nitrogens with two attached hydrogens (primary N) is 1. The third-order valence-corrected chi connectivity index (χ3v) is 4.14. The van der Waals surface area contributed by atoms with Gasteiger partial charge in [-0.05, 0) is 36.4 Å². The maximum Gasteiger partial charge on any atom is 0.226 e. The van der Waals surface area contributed by atoms with Gasteiger partial charge in [-0.1, -0.05) is 12.1 Å². The van der Waals surface area contributed by atoms with Crippen LogP contribution in [0.15, 0.2) is 28.2 Å². The smallest absolute Gasteiger partial charge is 0.226 e. The van der Waals surface area contributed by atoms with Gasteiger partial charge in [0.25, 0.3) is 0 Å². The Kier molecular flexibility index (Phi) is 3.75. The van der Waals surface area contributed by atoms with Crippen LogP contribution in [0.1, 0.15) is 19.2 Å². The number of aryl methyl sites for hydroxylation is 1. The molecule has 1 atom stereocenters. The molecule has 0 saturated carbocycles. The van der Waals surface area contributed by atoms with Crippen molar-refractivity contribution in [1.29, 1.82) is 0 Å². The van der Waals surface area contributed by atoms with Crippen LogP contribution in [0.3, 0.4) is 0 Å². The van der Waals surface area contributed by atoms with Gasteiger partial charge >= 0.3 is 0 Å². The molecule has 0 aliphatic rings. The van der Waals surface area contributed by atoms with Crippen LogP contribution in [0.2, 0.25) is 0 Å². The van der Waals surface area contributed by atoms with Crippen LogP contribution in [0.5, 0.6) is 0 Å². The third kappa shape index (κ3) is 2.71. The summed E-state index contributed by atoms with van der Waals surface area (Å²) in [7, 11) is 0. The fourth-order valence-electron chi connectivity index (χ4n) is 1.93. The minimum Gasteiger partial charge on any atom is -0.339 e. The lowest BCUT2D eigenvalue weighted by Gasteiger charge is -2.03. The molecule has 0 aliphatic carbocycles. The van der Waals surface area contributed by atoms with E-state index in [0.29, 0.717) is 24.2 Å². The van der Waals surface area contributed by atoms with Crippen molar-refractivity contribution in [1.82, 2.24) is 15.1 Å². The van der Waals surface area contributed by atoms with Gasteiger partial charge in [0.1, 0.15) is 0 Å². The van der Waals surface area contributed by atoms with Crippen molar-refractivity contribution < 1.29 is 4.52 Å². The van der Waals surface area contributed by atoms with E-state index in [1.807, 2.05) is 17.5 Å². The molecule has 0 radical (unpaired) electrons. The molecule has 3 heterocycles. The Hall–Kier alpha value is -1.79. The van der Waals surface area contributed by atoms with Crippen molar-refractivity contribution >= 4 is 21.6 Å². The summed E-state index contributed by atoms with van der Waals surface area (Å²) in [5.41, 5.74) is 7.49. The predicted molar refractivity (Wildman–Crippen MR) is 79.5 cm³/mol. The number of thiophene rings is 1. The van der Waals surface area contributed by atoms with Crippen molar-refractivity contribution in [3.05, 3.63) is 29.6 Å². The maximum atomic E-state index is 5.60. The lowest BCUT2D eigenvalue weighted by Crippen LogP contribution is -2.11. The highest BCUT2D eigenvalue weighted by Gasteiger charge is 2.11. The molecule has 0 bridgehead atoms. The molecule has 6 heteroatoms. The first kappa shape index (κ1) is 13.2. The minimum absolute atomic E-state index is 0.467. The summed E-state index contributed by atoms with van der Waals surface area (Å²) < 4.78 is 6.41.